The van der Waals surface area contributed by atoms with Crippen molar-refractivity contribution in [3.05, 3.63) is 52.6 Å². The number of nitrogens with zero attached hydrogens (tertiary/aromatic N) is 2. The van der Waals surface area contributed by atoms with Crippen molar-refractivity contribution < 1.29 is 37.8 Å². The second-order valence-corrected chi connectivity index (χ2v) is 9.20. The number of nitrogens with two attached hydrogens (primary N) is 1. The van der Waals surface area contributed by atoms with Crippen LogP contribution in [-0.2, 0) is 25.4 Å². The van der Waals surface area contributed by atoms with Crippen LogP contribution in [-0.4, -0.2) is 68.5 Å². The van der Waals surface area contributed by atoms with Crippen molar-refractivity contribution in [2.45, 2.75) is 49.7 Å². The van der Waals surface area contributed by atoms with Crippen LogP contribution in [0.15, 0.2) is 46.2 Å². The van der Waals surface area contributed by atoms with Gasteiger partial charge in [-0.1, -0.05) is 31.5 Å². The molecule has 0 saturated carbocycles. The van der Waals surface area contributed by atoms with E-state index in [1.165, 1.54) is 24.4 Å². The van der Waals surface area contributed by atoms with Crippen LogP contribution in [0.5, 0.6) is 0 Å². The van der Waals surface area contributed by atoms with Crippen LogP contribution in [0, 0.1) is 12.8 Å². The van der Waals surface area contributed by atoms with E-state index < -0.39 is 58.2 Å². The number of benzene rings is 1. The number of anilines is 1. The number of hydrogen-bond donors (Lipinski definition) is 5. The Kier molecular flexibility index (Phi) is 8.11. The van der Waals surface area contributed by atoms with Gasteiger partial charge in [0.1, 0.15) is 24.1 Å². The normalized spacial score (nSPS) is 24.9. The summed E-state index contributed by atoms with van der Waals surface area (Å²) in [6.45, 7) is 4.35. The zero-order chi connectivity index (χ0) is 25.1. The molecule has 13 heteroatoms. The Morgan fingerprint density at radius 2 is 1.82 bits per heavy atom. The number of carbonyl (C=O) groups is 1. The molecule has 1 saturated heterocycles. The van der Waals surface area contributed by atoms with Crippen LogP contribution in [0.25, 0.3) is 0 Å². The molecular weight excluding hydrogens is 458 g/mol. The molecule has 0 radical (unpaired) electrons. The summed E-state index contributed by atoms with van der Waals surface area (Å²) in [6.07, 6.45) is -3.30. The number of carbonyl (C=O) groups excluding carboxylic acids is 1. The predicted octanol–water partition coefficient (Wildman–Crippen LogP) is -0.942. The highest BCUT2D eigenvalue weighted by atomic mass is 32.2. The van der Waals surface area contributed by atoms with Crippen molar-refractivity contribution >= 4 is 21.7 Å². The van der Waals surface area contributed by atoms with Gasteiger partial charge in [-0.15, -0.1) is 0 Å². The molecule has 12 nitrogen and oxygen atoms in total. The van der Waals surface area contributed by atoms with Crippen molar-refractivity contribution in [3.8, 4) is 0 Å². The molecule has 1 aromatic heterocycles. The highest BCUT2D eigenvalue weighted by molar-refractivity contribution is 7.85. The lowest BCUT2D eigenvalue weighted by atomic mass is 9.91. The monoisotopic (exact) mass is 485 g/mol. The maximum Gasteiger partial charge on any atom is 0.352 e. The van der Waals surface area contributed by atoms with Gasteiger partial charge in [-0.25, -0.2) is 4.79 Å². The van der Waals surface area contributed by atoms with Crippen LogP contribution in [0.3, 0.4) is 0 Å². The number of aliphatic hydroxyl groups excluding tert-OH is 3. The van der Waals surface area contributed by atoms with Crippen molar-refractivity contribution in [3.63, 3.8) is 0 Å². The zero-order valence-electron chi connectivity index (χ0n) is 18.2. The van der Waals surface area contributed by atoms with Crippen molar-refractivity contribution in [1.29, 1.82) is 0 Å². The number of hydrogen-bond acceptors (Lipinski definition) is 10. The molecule has 0 amide bonds. The average molecular weight is 486 g/mol. The van der Waals surface area contributed by atoms with E-state index in [2.05, 4.69) is 4.98 Å². The Labute approximate surface area is 190 Å². The third-order valence-electron chi connectivity index (χ3n) is 5.00. The topological polar surface area (TPSA) is 202 Å². The minimum absolute atomic E-state index is 0.0554. The number of aliphatic hydroxyl groups is 3. The second-order valence-electron chi connectivity index (χ2n) is 7.78. The van der Waals surface area contributed by atoms with Gasteiger partial charge in [-0.3, -0.25) is 13.9 Å². The van der Waals surface area contributed by atoms with Crippen LogP contribution >= 0.6 is 0 Å². The van der Waals surface area contributed by atoms with Gasteiger partial charge in [-0.05, 0) is 25.1 Å². The van der Waals surface area contributed by atoms with Crippen molar-refractivity contribution in [2.24, 2.45) is 5.92 Å². The molecule has 4 atom stereocenters. The molecule has 0 aliphatic carbocycles. The molecule has 1 aromatic carbocycles. The van der Waals surface area contributed by atoms with Gasteiger partial charge >= 0.3 is 5.69 Å². The molecule has 1 aliphatic rings. The van der Waals surface area contributed by atoms with Gasteiger partial charge in [0.05, 0.1) is 11.5 Å². The fourth-order valence-corrected chi connectivity index (χ4v) is 3.75. The van der Waals surface area contributed by atoms with E-state index in [4.69, 9.17) is 15.0 Å². The molecule has 3 rings (SSSR count). The number of nitrogen functional groups attached to an aromatic ring is 1. The summed E-state index contributed by atoms with van der Waals surface area (Å²) in [5.74, 6) is -1.28. The van der Waals surface area contributed by atoms with E-state index in [9.17, 15) is 33.3 Å². The lowest BCUT2D eigenvalue weighted by Gasteiger charge is -2.33. The molecular formula is C20H27N3O9S. The number of ketones is 1. The molecule has 1 fully saturated rings. The van der Waals surface area contributed by atoms with Crippen molar-refractivity contribution in [2.75, 3.05) is 12.3 Å². The third-order valence-corrected chi connectivity index (χ3v) is 5.86. The molecule has 1 aliphatic heterocycles. The number of Topliss-reactive ketones (excluding diaryl/α,β-unsaturated/α-hetero) is 1. The summed E-state index contributed by atoms with van der Waals surface area (Å²) in [7, 11) is -4.02. The molecule has 0 unspecified atom stereocenters. The Morgan fingerprint density at radius 1 is 1.24 bits per heavy atom. The minimum Gasteiger partial charge on any atom is -0.394 e. The molecule has 0 bridgehead atoms. The Balaban J connectivity index is 0.000000294. The quantitative estimate of drug-likeness (QED) is 0.327. The summed E-state index contributed by atoms with van der Waals surface area (Å²) in [4.78, 5) is 28.2. The standard InChI is InChI=1S/C13H19N3O6.C7H8O3S/c1-6(2)10(19)13(11(20)9(18)7(5-17)22-13)16-4-3-8(14)15-12(16)21;1-6-2-4-7(5-3-6)11(8,9)10/h3-4,6-7,9,11,17-18,20H,5H2,1-2H3,(H2,14,15,21);2-5H,1H3,(H,8,9,10)/t7-,9-,11-,13-;/m1./s1. The second kappa shape index (κ2) is 10.1. The number of aryl methyl sites for hydroxylation is 1. The molecule has 0 spiro atoms. The predicted molar refractivity (Wildman–Crippen MR) is 116 cm³/mol. The lowest BCUT2D eigenvalue weighted by molar-refractivity contribution is -0.179. The van der Waals surface area contributed by atoms with E-state index >= 15 is 0 Å². The third kappa shape index (κ3) is 5.46. The van der Waals surface area contributed by atoms with E-state index in [0.29, 0.717) is 0 Å². The summed E-state index contributed by atoms with van der Waals surface area (Å²) in [5.41, 5.74) is 3.32. The summed E-state index contributed by atoms with van der Waals surface area (Å²) in [5, 5.41) is 29.6. The maximum atomic E-state index is 12.6. The number of aromatic nitrogens is 2. The van der Waals surface area contributed by atoms with E-state index in [1.54, 1.807) is 26.0 Å². The Hall–Kier alpha value is -2.68. The Morgan fingerprint density at radius 3 is 2.24 bits per heavy atom. The molecule has 33 heavy (non-hydrogen) atoms. The minimum atomic E-state index is -4.02. The van der Waals surface area contributed by atoms with Crippen LogP contribution in [0.4, 0.5) is 5.82 Å². The van der Waals surface area contributed by atoms with Gasteiger partial charge in [0, 0.05) is 12.1 Å². The number of ether oxygens (including phenoxy) is 1. The average Bonchev–Trinajstić information content (AvgIpc) is 2.99. The van der Waals surface area contributed by atoms with Crippen LogP contribution < -0.4 is 11.4 Å². The first-order valence-corrected chi connectivity index (χ1v) is 11.3. The molecule has 2 heterocycles. The van der Waals surface area contributed by atoms with E-state index in [-0.39, 0.29) is 10.7 Å². The Bertz CT molecular complexity index is 1150. The zero-order valence-corrected chi connectivity index (χ0v) is 19.0. The highest BCUT2D eigenvalue weighted by Crippen LogP contribution is 2.37. The summed E-state index contributed by atoms with van der Waals surface area (Å²) in [6, 6.07) is 7.26. The first-order valence-electron chi connectivity index (χ1n) is 9.84. The number of rotatable bonds is 5. The van der Waals surface area contributed by atoms with E-state index in [1.807, 2.05) is 6.92 Å². The van der Waals surface area contributed by atoms with Crippen molar-refractivity contribution in [1.82, 2.24) is 9.55 Å². The van der Waals surface area contributed by atoms with Gasteiger partial charge in [0.15, 0.2) is 5.78 Å². The largest absolute Gasteiger partial charge is 0.394 e. The first-order chi connectivity index (χ1) is 15.2. The molecule has 6 N–H and O–H groups in total. The lowest BCUT2D eigenvalue weighted by Crippen LogP contribution is -2.57. The summed E-state index contributed by atoms with van der Waals surface area (Å²) < 4.78 is 35.8. The van der Waals surface area contributed by atoms with Gasteiger partial charge in [-0.2, -0.15) is 13.4 Å². The first kappa shape index (κ1) is 26.6. The van der Waals surface area contributed by atoms with Gasteiger partial charge in [0.2, 0.25) is 5.72 Å². The maximum absolute atomic E-state index is 12.6. The van der Waals surface area contributed by atoms with Gasteiger partial charge in [0.25, 0.3) is 10.1 Å². The molecule has 182 valence electrons. The van der Waals surface area contributed by atoms with Gasteiger partial charge < -0.3 is 25.8 Å². The smallest absolute Gasteiger partial charge is 0.352 e. The SMILES string of the molecule is CC(C)C(=O)[C@@]1(n2ccc(N)nc2=O)O[C@H](CO)[C@@H](O)[C@H]1O.Cc1ccc(S(=O)(=O)O)cc1. The summed E-state index contributed by atoms with van der Waals surface area (Å²) >= 11 is 0. The fourth-order valence-electron chi connectivity index (χ4n) is 3.26. The van der Waals surface area contributed by atoms with E-state index in [0.717, 1.165) is 10.1 Å². The fraction of sp³-hybridized carbons (Fsp3) is 0.450. The highest BCUT2D eigenvalue weighted by Gasteiger charge is 2.60. The molecule has 2 aromatic rings. The van der Waals surface area contributed by atoms with Crippen LogP contribution in [0.2, 0.25) is 0 Å². The van der Waals surface area contributed by atoms with Crippen LogP contribution in [0.1, 0.15) is 19.4 Å².